The van der Waals surface area contributed by atoms with Crippen molar-refractivity contribution in [3.63, 3.8) is 0 Å². The number of H-pyrrole nitrogens is 1. The van der Waals surface area contributed by atoms with Gasteiger partial charge in [0.25, 0.3) is 0 Å². The van der Waals surface area contributed by atoms with Gasteiger partial charge in [0.15, 0.2) is 0 Å². The van der Waals surface area contributed by atoms with Crippen LogP contribution >= 0.6 is 12.4 Å². The van der Waals surface area contributed by atoms with Gasteiger partial charge in [0.2, 0.25) is 0 Å². The summed E-state index contributed by atoms with van der Waals surface area (Å²) in [6, 6.07) is 6.54. The lowest BCUT2D eigenvalue weighted by atomic mass is 10.2. The van der Waals surface area contributed by atoms with E-state index in [9.17, 15) is 4.39 Å². The first kappa shape index (κ1) is 9.74. The van der Waals surface area contributed by atoms with Gasteiger partial charge in [-0.25, -0.2) is 9.37 Å². The summed E-state index contributed by atoms with van der Waals surface area (Å²) in [5.74, 6) is 0.306. The number of hydrogen-bond acceptors (Lipinski definition) is 1. The van der Waals surface area contributed by atoms with Gasteiger partial charge in [-0.05, 0) is 12.1 Å². The molecule has 2 nitrogen and oxygen atoms in total. The zero-order chi connectivity index (χ0) is 8.39. The van der Waals surface area contributed by atoms with Crippen LogP contribution in [0.4, 0.5) is 4.39 Å². The van der Waals surface area contributed by atoms with E-state index >= 15 is 0 Å². The fourth-order valence-corrected chi connectivity index (χ4v) is 1.07. The molecule has 0 aliphatic heterocycles. The first-order valence-electron chi connectivity index (χ1n) is 3.62. The summed E-state index contributed by atoms with van der Waals surface area (Å²) in [4.78, 5) is 6.79. The molecule has 0 unspecified atom stereocenters. The molecule has 0 fully saturated rings. The molecule has 0 bridgehead atoms. The number of rotatable bonds is 1. The van der Waals surface area contributed by atoms with Gasteiger partial charge in [0.1, 0.15) is 11.6 Å². The summed E-state index contributed by atoms with van der Waals surface area (Å²) in [7, 11) is 0. The van der Waals surface area contributed by atoms with Crippen molar-refractivity contribution in [2.75, 3.05) is 0 Å². The standard InChI is InChI=1S/C9H7FN2.ClH/c10-8-4-2-1-3-7(8)9-11-5-6-12-9;/h1-6H,(H,11,12);1H. The number of nitrogens with one attached hydrogen (secondary N) is 1. The molecule has 1 N–H and O–H groups in total. The molecule has 0 amide bonds. The first-order chi connectivity index (χ1) is 5.88. The first-order valence-corrected chi connectivity index (χ1v) is 3.62. The van der Waals surface area contributed by atoms with Gasteiger partial charge in [-0.15, -0.1) is 12.4 Å². The third-order valence-corrected chi connectivity index (χ3v) is 1.63. The molecular weight excluding hydrogens is 191 g/mol. The molecule has 2 rings (SSSR count). The molecule has 0 spiro atoms. The van der Waals surface area contributed by atoms with Crippen LogP contribution in [-0.2, 0) is 0 Å². The Bertz CT molecular complexity index is 373. The largest absolute Gasteiger partial charge is 0.345 e. The Hall–Kier alpha value is -1.35. The van der Waals surface area contributed by atoms with Crippen LogP contribution in [-0.4, -0.2) is 9.97 Å². The minimum atomic E-state index is -0.257. The lowest BCUT2D eigenvalue weighted by Gasteiger charge is -1.96. The van der Waals surface area contributed by atoms with E-state index in [4.69, 9.17) is 0 Å². The number of imidazole rings is 1. The Morgan fingerprint density at radius 2 is 2.00 bits per heavy atom. The molecule has 4 heteroatoms. The molecule has 0 radical (unpaired) electrons. The molecular formula is C9H8ClFN2. The molecule has 1 heterocycles. The van der Waals surface area contributed by atoms with E-state index in [2.05, 4.69) is 9.97 Å². The quantitative estimate of drug-likeness (QED) is 0.750. The smallest absolute Gasteiger partial charge is 0.140 e. The monoisotopic (exact) mass is 198 g/mol. The molecule has 1 aromatic carbocycles. The van der Waals surface area contributed by atoms with Gasteiger partial charge < -0.3 is 4.98 Å². The van der Waals surface area contributed by atoms with Crippen molar-refractivity contribution >= 4 is 12.4 Å². The van der Waals surface area contributed by atoms with E-state index in [1.807, 2.05) is 0 Å². The van der Waals surface area contributed by atoms with Gasteiger partial charge in [-0.1, -0.05) is 12.1 Å². The highest BCUT2D eigenvalue weighted by molar-refractivity contribution is 5.85. The summed E-state index contributed by atoms with van der Waals surface area (Å²) in [6.45, 7) is 0. The third kappa shape index (κ3) is 1.87. The lowest BCUT2D eigenvalue weighted by Crippen LogP contribution is -1.84. The van der Waals surface area contributed by atoms with Gasteiger partial charge >= 0.3 is 0 Å². The minimum absolute atomic E-state index is 0. The maximum atomic E-state index is 13.1. The van der Waals surface area contributed by atoms with Crippen LogP contribution in [0.25, 0.3) is 11.4 Å². The van der Waals surface area contributed by atoms with Crippen molar-refractivity contribution in [1.29, 1.82) is 0 Å². The van der Waals surface area contributed by atoms with Crippen molar-refractivity contribution in [2.45, 2.75) is 0 Å². The number of hydrogen-bond donors (Lipinski definition) is 1. The second-order valence-corrected chi connectivity index (χ2v) is 2.42. The highest BCUT2D eigenvalue weighted by Crippen LogP contribution is 2.17. The van der Waals surface area contributed by atoms with Gasteiger partial charge in [-0.2, -0.15) is 0 Å². The van der Waals surface area contributed by atoms with Gasteiger partial charge in [-0.3, -0.25) is 0 Å². The maximum Gasteiger partial charge on any atom is 0.140 e. The van der Waals surface area contributed by atoms with Crippen LogP contribution in [0.15, 0.2) is 36.7 Å². The van der Waals surface area contributed by atoms with Gasteiger partial charge in [0.05, 0.1) is 5.56 Å². The maximum absolute atomic E-state index is 13.1. The Kier molecular flexibility index (Phi) is 3.03. The molecule has 0 saturated heterocycles. The predicted molar refractivity (Wildman–Crippen MR) is 51.2 cm³/mol. The van der Waals surface area contributed by atoms with Crippen molar-refractivity contribution in [1.82, 2.24) is 9.97 Å². The summed E-state index contributed by atoms with van der Waals surface area (Å²) >= 11 is 0. The van der Waals surface area contributed by atoms with E-state index in [1.165, 1.54) is 6.07 Å². The predicted octanol–water partition coefficient (Wildman–Crippen LogP) is 2.64. The second-order valence-electron chi connectivity index (χ2n) is 2.42. The third-order valence-electron chi connectivity index (χ3n) is 1.63. The van der Waals surface area contributed by atoms with Crippen molar-refractivity contribution in [3.8, 4) is 11.4 Å². The van der Waals surface area contributed by atoms with Crippen molar-refractivity contribution in [2.24, 2.45) is 0 Å². The molecule has 0 saturated carbocycles. The topological polar surface area (TPSA) is 28.7 Å². The van der Waals surface area contributed by atoms with Crippen molar-refractivity contribution < 1.29 is 4.39 Å². The minimum Gasteiger partial charge on any atom is -0.345 e. The normalized spacial score (nSPS) is 9.31. The van der Waals surface area contributed by atoms with Crippen LogP contribution in [0.1, 0.15) is 0 Å². The molecule has 1 aromatic heterocycles. The van der Waals surface area contributed by atoms with Gasteiger partial charge in [0, 0.05) is 12.4 Å². The second kappa shape index (κ2) is 4.05. The summed E-state index contributed by atoms with van der Waals surface area (Å²) in [6.07, 6.45) is 3.27. The average Bonchev–Trinajstić information content (AvgIpc) is 2.57. The van der Waals surface area contributed by atoms with Crippen LogP contribution in [0, 0.1) is 5.82 Å². The van der Waals surface area contributed by atoms with E-state index in [-0.39, 0.29) is 18.2 Å². The van der Waals surface area contributed by atoms with Crippen LogP contribution in [0.5, 0.6) is 0 Å². The Morgan fingerprint density at radius 1 is 1.23 bits per heavy atom. The number of halogens is 2. The molecule has 13 heavy (non-hydrogen) atoms. The van der Waals surface area contributed by atoms with Crippen molar-refractivity contribution in [3.05, 3.63) is 42.5 Å². The lowest BCUT2D eigenvalue weighted by molar-refractivity contribution is 0.630. The Morgan fingerprint density at radius 3 is 2.62 bits per heavy atom. The fourth-order valence-electron chi connectivity index (χ4n) is 1.07. The highest BCUT2D eigenvalue weighted by Gasteiger charge is 2.03. The summed E-state index contributed by atoms with van der Waals surface area (Å²) < 4.78 is 13.1. The van der Waals surface area contributed by atoms with E-state index in [1.54, 1.807) is 30.6 Å². The molecule has 68 valence electrons. The number of benzene rings is 1. The highest BCUT2D eigenvalue weighted by atomic mass is 35.5. The zero-order valence-electron chi connectivity index (χ0n) is 6.70. The zero-order valence-corrected chi connectivity index (χ0v) is 7.51. The summed E-state index contributed by atoms with van der Waals surface area (Å²) in [5, 5.41) is 0. The molecule has 0 aliphatic carbocycles. The Labute approximate surface area is 81.2 Å². The van der Waals surface area contributed by atoms with E-state index < -0.39 is 0 Å². The van der Waals surface area contributed by atoms with E-state index in [0.29, 0.717) is 11.4 Å². The molecule has 2 aromatic rings. The summed E-state index contributed by atoms with van der Waals surface area (Å²) in [5.41, 5.74) is 0.502. The van der Waals surface area contributed by atoms with Crippen LogP contribution in [0.3, 0.4) is 0 Å². The van der Waals surface area contributed by atoms with Crippen LogP contribution in [0.2, 0.25) is 0 Å². The van der Waals surface area contributed by atoms with E-state index in [0.717, 1.165) is 0 Å². The van der Waals surface area contributed by atoms with Crippen LogP contribution < -0.4 is 0 Å². The molecule has 0 atom stereocenters. The fraction of sp³-hybridized carbons (Fsp3) is 0. The number of nitrogens with zero attached hydrogens (tertiary/aromatic N) is 1. The number of aromatic amines is 1. The number of aromatic nitrogens is 2. The SMILES string of the molecule is Cl.Fc1ccccc1-c1ncc[nH]1. The Balaban J connectivity index is 0.000000845. The molecule has 0 aliphatic rings. The average molecular weight is 199 g/mol.